The fourth-order valence-electron chi connectivity index (χ4n) is 2.34. The van der Waals surface area contributed by atoms with E-state index in [9.17, 15) is 14.4 Å². The summed E-state index contributed by atoms with van der Waals surface area (Å²) < 4.78 is 0. The number of amides is 1. The van der Waals surface area contributed by atoms with Gasteiger partial charge < -0.3 is 10.4 Å². The number of nitrogens with one attached hydrogen (secondary N) is 1. The van der Waals surface area contributed by atoms with Crippen LogP contribution in [-0.4, -0.2) is 22.8 Å². The van der Waals surface area contributed by atoms with Crippen LogP contribution in [0, 0.1) is 0 Å². The highest BCUT2D eigenvalue weighted by Gasteiger charge is 2.11. The van der Waals surface area contributed by atoms with Gasteiger partial charge >= 0.3 is 5.97 Å². The molecule has 0 atom stereocenters. The lowest BCUT2D eigenvalue weighted by molar-refractivity contribution is -0.116. The van der Waals surface area contributed by atoms with Crippen LogP contribution < -0.4 is 5.32 Å². The molecule has 0 unspecified atom stereocenters. The molecular formula is C20H21NO4. The number of rotatable bonds is 7. The highest BCUT2D eigenvalue weighted by atomic mass is 16.4. The van der Waals surface area contributed by atoms with Crippen molar-refractivity contribution in [2.75, 3.05) is 5.32 Å². The minimum Gasteiger partial charge on any atom is -0.478 e. The molecule has 0 aliphatic heterocycles. The minimum atomic E-state index is -1.02. The molecule has 0 heterocycles. The molecule has 0 aliphatic carbocycles. The minimum absolute atomic E-state index is 0.0748. The van der Waals surface area contributed by atoms with Crippen molar-refractivity contribution in [1.29, 1.82) is 0 Å². The summed E-state index contributed by atoms with van der Waals surface area (Å²) in [4.78, 5) is 34.9. The lowest BCUT2D eigenvalue weighted by atomic mass is 9.99. The number of hydrogen-bond acceptors (Lipinski definition) is 3. The molecule has 2 aromatic carbocycles. The van der Waals surface area contributed by atoms with Crippen LogP contribution in [0.1, 0.15) is 58.9 Å². The van der Waals surface area contributed by atoms with Crippen LogP contribution in [0.25, 0.3) is 0 Å². The molecular weight excluding hydrogens is 318 g/mol. The largest absolute Gasteiger partial charge is 0.478 e. The number of carbonyl (C=O) groups is 3. The molecule has 2 rings (SSSR count). The summed E-state index contributed by atoms with van der Waals surface area (Å²) in [5.74, 6) is -0.976. The normalized spacial score (nSPS) is 10.5. The fraction of sp³-hybridized carbons (Fsp3) is 0.250. The van der Waals surface area contributed by atoms with Crippen molar-refractivity contribution in [3.63, 3.8) is 0 Å². The van der Waals surface area contributed by atoms with Crippen LogP contribution in [0.5, 0.6) is 0 Å². The zero-order valence-electron chi connectivity index (χ0n) is 14.3. The maximum Gasteiger partial charge on any atom is 0.335 e. The lowest BCUT2D eigenvalue weighted by Crippen LogP contribution is -2.13. The molecule has 1 amide bonds. The van der Waals surface area contributed by atoms with Gasteiger partial charge in [0.15, 0.2) is 5.78 Å². The first kappa shape index (κ1) is 18.4. The molecule has 0 aliphatic rings. The van der Waals surface area contributed by atoms with E-state index in [-0.39, 0.29) is 30.1 Å². The smallest absolute Gasteiger partial charge is 0.335 e. The molecule has 0 fully saturated rings. The molecule has 130 valence electrons. The van der Waals surface area contributed by atoms with Crippen molar-refractivity contribution in [2.24, 2.45) is 0 Å². The van der Waals surface area contributed by atoms with Gasteiger partial charge in [-0.15, -0.1) is 0 Å². The Kier molecular flexibility index (Phi) is 6.06. The molecule has 2 N–H and O–H groups in total. The van der Waals surface area contributed by atoms with Gasteiger partial charge in [0.1, 0.15) is 0 Å². The first-order chi connectivity index (χ1) is 11.9. The van der Waals surface area contributed by atoms with Gasteiger partial charge in [-0.3, -0.25) is 9.59 Å². The molecule has 0 bridgehead atoms. The Morgan fingerprint density at radius 2 is 1.44 bits per heavy atom. The predicted octanol–water partition coefficient (Wildman–Crippen LogP) is 4.11. The van der Waals surface area contributed by atoms with Crippen molar-refractivity contribution in [2.45, 2.75) is 32.6 Å². The van der Waals surface area contributed by atoms with E-state index >= 15 is 0 Å². The Morgan fingerprint density at radius 3 is 1.96 bits per heavy atom. The van der Waals surface area contributed by atoms with Crippen LogP contribution in [-0.2, 0) is 4.79 Å². The number of carboxylic acids is 1. The summed E-state index contributed by atoms with van der Waals surface area (Å²) in [6, 6.07) is 13.3. The topological polar surface area (TPSA) is 83.5 Å². The number of ketones is 1. The highest BCUT2D eigenvalue weighted by molar-refractivity contribution is 6.00. The number of carboxylic acid groups (broad SMARTS) is 1. The summed E-state index contributed by atoms with van der Waals surface area (Å²) in [6.07, 6.45) is 0.200. The molecule has 0 saturated heterocycles. The molecule has 2 aromatic rings. The van der Waals surface area contributed by atoms with Gasteiger partial charge in [0.25, 0.3) is 0 Å². The molecule has 5 heteroatoms. The summed E-state index contributed by atoms with van der Waals surface area (Å²) in [7, 11) is 0. The van der Waals surface area contributed by atoms with Crippen molar-refractivity contribution in [3.8, 4) is 0 Å². The molecule has 0 spiro atoms. The van der Waals surface area contributed by atoms with Crippen LogP contribution in [0.4, 0.5) is 5.69 Å². The number of hydrogen-bond donors (Lipinski definition) is 2. The van der Waals surface area contributed by atoms with E-state index in [4.69, 9.17) is 5.11 Å². The van der Waals surface area contributed by atoms with E-state index < -0.39 is 5.97 Å². The first-order valence-electron chi connectivity index (χ1n) is 8.13. The average molecular weight is 339 g/mol. The van der Waals surface area contributed by atoms with Crippen molar-refractivity contribution in [3.05, 3.63) is 65.2 Å². The zero-order chi connectivity index (χ0) is 18.4. The maximum absolute atomic E-state index is 12.2. The predicted molar refractivity (Wildman–Crippen MR) is 96.1 cm³/mol. The summed E-state index contributed by atoms with van der Waals surface area (Å²) in [5.41, 5.74) is 2.42. The third kappa shape index (κ3) is 5.28. The van der Waals surface area contributed by atoms with Crippen LogP contribution in [0.15, 0.2) is 48.5 Å². The molecule has 0 saturated carbocycles. The van der Waals surface area contributed by atoms with Gasteiger partial charge in [-0.25, -0.2) is 4.79 Å². The SMILES string of the molecule is CC(C)c1ccc(C(=O)CCC(=O)Nc2ccc(C(=O)O)cc2)cc1. The lowest BCUT2D eigenvalue weighted by Gasteiger charge is -2.07. The van der Waals surface area contributed by atoms with Gasteiger partial charge in [0, 0.05) is 24.1 Å². The summed E-state index contributed by atoms with van der Waals surface area (Å²) >= 11 is 0. The zero-order valence-corrected chi connectivity index (χ0v) is 14.3. The third-order valence-corrected chi connectivity index (χ3v) is 3.89. The number of benzene rings is 2. The fourth-order valence-corrected chi connectivity index (χ4v) is 2.34. The Labute approximate surface area is 146 Å². The number of Topliss-reactive ketones (excluding diaryl/α,β-unsaturated/α-hetero) is 1. The Morgan fingerprint density at radius 1 is 0.880 bits per heavy atom. The molecule has 25 heavy (non-hydrogen) atoms. The van der Waals surface area contributed by atoms with E-state index in [0.717, 1.165) is 0 Å². The van der Waals surface area contributed by atoms with Crippen molar-refractivity contribution in [1.82, 2.24) is 0 Å². The molecule has 0 radical (unpaired) electrons. The number of aromatic carboxylic acids is 1. The van der Waals surface area contributed by atoms with Crippen molar-refractivity contribution >= 4 is 23.3 Å². The summed E-state index contributed by atoms with van der Waals surface area (Å²) in [6.45, 7) is 4.17. The van der Waals surface area contributed by atoms with Gasteiger partial charge in [0.2, 0.25) is 5.91 Å². The Hall–Kier alpha value is -2.95. The number of carbonyl (C=O) groups excluding carboxylic acids is 2. The van der Waals surface area contributed by atoms with Crippen LogP contribution in [0.2, 0.25) is 0 Å². The van der Waals surface area contributed by atoms with E-state index in [1.807, 2.05) is 12.1 Å². The molecule has 0 aromatic heterocycles. The number of anilines is 1. The summed E-state index contributed by atoms with van der Waals surface area (Å²) in [5, 5.41) is 11.5. The monoisotopic (exact) mass is 339 g/mol. The second kappa shape index (κ2) is 8.24. The Balaban J connectivity index is 1.86. The van der Waals surface area contributed by atoms with E-state index in [2.05, 4.69) is 19.2 Å². The van der Waals surface area contributed by atoms with Gasteiger partial charge in [-0.2, -0.15) is 0 Å². The van der Waals surface area contributed by atoms with Gasteiger partial charge in [-0.05, 0) is 35.7 Å². The second-order valence-corrected chi connectivity index (χ2v) is 6.13. The van der Waals surface area contributed by atoms with E-state index in [1.165, 1.54) is 29.8 Å². The van der Waals surface area contributed by atoms with E-state index in [1.54, 1.807) is 12.1 Å². The van der Waals surface area contributed by atoms with E-state index in [0.29, 0.717) is 17.2 Å². The van der Waals surface area contributed by atoms with Crippen LogP contribution >= 0.6 is 0 Å². The highest BCUT2D eigenvalue weighted by Crippen LogP contribution is 2.16. The second-order valence-electron chi connectivity index (χ2n) is 6.13. The van der Waals surface area contributed by atoms with Gasteiger partial charge in [-0.1, -0.05) is 38.1 Å². The van der Waals surface area contributed by atoms with Crippen LogP contribution in [0.3, 0.4) is 0 Å². The third-order valence-electron chi connectivity index (χ3n) is 3.89. The Bertz CT molecular complexity index is 761. The quantitative estimate of drug-likeness (QED) is 0.744. The average Bonchev–Trinajstić information content (AvgIpc) is 2.60. The van der Waals surface area contributed by atoms with Gasteiger partial charge in [0.05, 0.1) is 5.56 Å². The molecule has 5 nitrogen and oxygen atoms in total. The standard InChI is InChI=1S/C20H21NO4/c1-13(2)14-3-5-15(6-4-14)18(22)11-12-19(23)21-17-9-7-16(8-10-17)20(24)25/h3-10,13H,11-12H2,1-2H3,(H,21,23)(H,24,25). The maximum atomic E-state index is 12.2. The van der Waals surface area contributed by atoms with Crippen molar-refractivity contribution < 1.29 is 19.5 Å². The first-order valence-corrected chi connectivity index (χ1v) is 8.13.